The Labute approximate surface area is 212 Å². The Morgan fingerprint density at radius 3 is 1.78 bits per heavy atom. The summed E-state index contributed by atoms with van der Waals surface area (Å²) in [5.74, 6) is 0.124. The minimum Gasteiger partial charge on any atom is -1.00 e. The molecule has 0 saturated carbocycles. The van der Waals surface area contributed by atoms with E-state index < -0.39 is 24.0 Å². The summed E-state index contributed by atoms with van der Waals surface area (Å²) in [7, 11) is 0. The Morgan fingerprint density at radius 1 is 0.812 bits per heavy atom. The van der Waals surface area contributed by atoms with Crippen LogP contribution in [0.2, 0.25) is 13.1 Å². The molecule has 1 amide bonds. The van der Waals surface area contributed by atoms with Crippen LogP contribution in [-0.2, 0) is 22.8 Å². The molecule has 2 nitrogen and oxygen atoms in total. The summed E-state index contributed by atoms with van der Waals surface area (Å²) in [5, 5.41) is 0. The maximum Gasteiger partial charge on any atom is -1.00 e. The number of fused-ring (bicyclic) bond motifs is 3. The number of hydrogen-bond donors (Lipinski definition) is 1. The van der Waals surface area contributed by atoms with Crippen LogP contribution in [-0.4, -0.2) is 12.6 Å². The SMILES string of the molecule is C[SiH](C)[Ti+2]([NH]C(=O)c1ccccc1C(C)(C)C)[CH]1c2ccccc2-c2ccccc21.[Cl-].[Cl-]. The van der Waals surface area contributed by atoms with Gasteiger partial charge in [0.2, 0.25) is 0 Å². The van der Waals surface area contributed by atoms with Crippen LogP contribution in [0.15, 0.2) is 72.8 Å². The minimum atomic E-state index is -1.95. The van der Waals surface area contributed by atoms with E-state index in [1.165, 1.54) is 22.3 Å². The molecule has 6 heteroatoms. The average molecular weight is 519 g/mol. The van der Waals surface area contributed by atoms with E-state index in [1.807, 2.05) is 18.2 Å². The Balaban J connectivity index is 0.00000181. The Morgan fingerprint density at radius 2 is 1.28 bits per heavy atom. The molecule has 0 saturated heterocycles. The van der Waals surface area contributed by atoms with Crippen molar-refractivity contribution in [3.05, 3.63) is 95.1 Å². The van der Waals surface area contributed by atoms with E-state index in [2.05, 4.69) is 92.3 Å². The van der Waals surface area contributed by atoms with Gasteiger partial charge in [0.15, 0.2) is 0 Å². The summed E-state index contributed by atoms with van der Waals surface area (Å²) in [6.45, 7) is 10.3. The third-order valence-corrected chi connectivity index (χ3v) is 17.8. The summed E-state index contributed by atoms with van der Waals surface area (Å²) in [6.07, 6.45) is 0. The van der Waals surface area contributed by atoms with Crippen LogP contribution in [0.5, 0.6) is 0 Å². The molecular formula is C26H30Cl2NOSiTi. The van der Waals surface area contributed by atoms with Crippen molar-refractivity contribution in [3.8, 4) is 11.1 Å². The molecule has 0 atom stereocenters. The van der Waals surface area contributed by atoms with Crippen LogP contribution in [0, 0.1) is 0 Å². The van der Waals surface area contributed by atoms with Crippen molar-refractivity contribution >= 4 is 12.6 Å². The fraction of sp³-hybridized carbons (Fsp3) is 0.269. The molecule has 167 valence electrons. The van der Waals surface area contributed by atoms with Crippen LogP contribution in [0.1, 0.15) is 52.0 Å². The van der Waals surface area contributed by atoms with Crippen LogP contribution in [0.4, 0.5) is 0 Å². The second-order valence-corrected chi connectivity index (χ2v) is 22.5. The summed E-state index contributed by atoms with van der Waals surface area (Å²) in [4.78, 5) is 13.6. The van der Waals surface area contributed by atoms with Gasteiger partial charge < -0.3 is 24.8 Å². The first-order valence-electron chi connectivity index (χ1n) is 10.7. The van der Waals surface area contributed by atoms with E-state index in [-0.39, 0.29) is 36.1 Å². The predicted molar refractivity (Wildman–Crippen MR) is 125 cm³/mol. The zero-order valence-corrected chi connectivity index (χ0v) is 23.5. The van der Waals surface area contributed by atoms with E-state index in [0.717, 1.165) is 11.1 Å². The summed E-state index contributed by atoms with van der Waals surface area (Å²) in [5.41, 5.74) is 7.43. The van der Waals surface area contributed by atoms with Crippen molar-refractivity contribution < 1.29 is 47.0 Å². The first-order valence-corrected chi connectivity index (χ1v) is 18.0. The van der Waals surface area contributed by atoms with Crippen molar-refractivity contribution in [2.75, 3.05) is 0 Å². The molecule has 0 aromatic heterocycles. The topological polar surface area (TPSA) is 29.1 Å². The molecule has 3 aromatic rings. The third-order valence-electron chi connectivity index (χ3n) is 6.00. The van der Waals surface area contributed by atoms with Crippen molar-refractivity contribution in [1.82, 2.24) is 3.80 Å². The van der Waals surface area contributed by atoms with Gasteiger partial charge in [-0.15, -0.1) is 0 Å². The number of carbonyl (C=O) groups is 1. The first kappa shape index (κ1) is 26.9. The normalized spacial score (nSPS) is 12.3. The van der Waals surface area contributed by atoms with Crippen molar-refractivity contribution in [2.45, 2.75) is 43.5 Å². The Kier molecular flexibility index (Phi) is 9.00. The number of halogens is 2. The monoisotopic (exact) mass is 518 g/mol. The largest absolute Gasteiger partial charge is 1.00 e. The van der Waals surface area contributed by atoms with Gasteiger partial charge in [-0.05, 0) is 0 Å². The van der Waals surface area contributed by atoms with Crippen molar-refractivity contribution in [1.29, 1.82) is 0 Å². The maximum absolute atomic E-state index is 13.6. The maximum atomic E-state index is 13.6. The molecule has 1 aliphatic rings. The smallest absolute Gasteiger partial charge is 1.00 e. The standard InChI is InChI=1S/C13H9.C11H15NO.C2H7Si.2ClH.Ti/c1-3-7-12-10(5-1)9-11-6-2-4-8-13(11)12;1-11(2,3)9-7-5-4-6-8(9)10(12)13;1-3-2;;;/h1-9H;4-7H,1-3H3,(H2,12,13);3H,1-2H3;2*1H;/q;;;;;+3/p-3. The number of amides is 1. The molecular weight excluding hydrogens is 489 g/mol. The van der Waals surface area contributed by atoms with Gasteiger partial charge in [-0.2, -0.15) is 0 Å². The van der Waals surface area contributed by atoms with Gasteiger partial charge in [-0.25, -0.2) is 0 Å². The molecule has 4 rings (SSSR count). The number of rotatable bonds is 4. The van der Waals surface area contributed by atoms with E-state index in [4.69, 9.17) is 0 Å². The number of benzene rings is 3. The van der Waals surface area contributed by atoms with Gasteiger partial charge in [0, 0.05) is 0 Å². The molecule has 1 N–H and O–H groups in total. The summed E-state index contributed by atoms with van der Waals surface area (Å²) >= 11 is -1.95. The molecule has 0 bridgehead atoms. The summed E-state index contributed by atoms with van der Waals surface area (Å²) in [6, 6.07) is 25.7. The number of hydrogen-bond acceptors (Lipinski definition) is 1. The third kappa shape index (κ3) is 5.08. The number of carbonyl (C=O) groups excluding carboxylic acids is 1. The van der Waals surface area contributed by atoms with Gasteiger partial charge in [0.25, 0.3) is 0 Å². The van der Waals surface area contributed by atoms with Crippen LogP contribution >= 0.6 is 0 Å². The summed E-state index contributed by atoms with van der Waals surface area (Å²) < 4.78 is 4.04. The van der Waals surface area contributed by atoms with Gasteiger partial charge in [-0.3, -0.25) is 0 Å². The molecule has 32 heavy (non-hydrogen) atoms. The molecule has 1 aliphatic carbocycles. The molecule has 0 aliphatic heterocycles. The fourth-order valence-electron chi connectivity index (χ4n) is 4.57. The number of nitrogens with one attached hydrogen (secondary N) is 1. The second kappa shape index (κ2) is 10.7. The van der Waals surface area contributed by atoms with Crippen LogP contribution in [0.25, 0.3) is 11.1 Å². The van der Waals surface area contributed by atoms with E-state index in [9.17, 15) is 4.79 Å². The van der Waals surface area contributed by atoms with Gasteiger partial charge >= 0.3 is 188 Å². The van der Waals surface area contributed by atoms with Gasteiger partial charge in [-0.1, -0.05) is 0 Å². The van der Waals surface area contributed by atoms with Crippen LogP contribution < -0.4 is 28.6 Å². The molecule has 0 fully saturated rings. The molecule has 0 heterocycles. The zero-order chi connectivity index (χ0) is 21.5. The van der Waals surface area contributed by atoms with Crippen molar-refractivity contribution in [3.63, 3.8) is 0 Å². The molecule has 0 radical (unpaired) electrons. The fourth-order valence-corrected chi connectivity index (χ4v) is 14.7. The Bertz CT molecular complexity index is 1050. The van der Waals surface area contributed by atoms with Gasteiger partial charge in [0.05, 0.1) is 0 Å². The molecule has 0 spiro atoms. The predicted octanol–water partition coefficient (Wildman–Crippen LogP) is 0.00850. The Hall–Kier alpha value is -1.36. The zero-order valence-electron chi connectivity index (χ0n) is 19.2. The molecule has 0 unspecified atom stereocenters. The van der Waals surface area contributed by atoms with E-state index in [1.54, 1.807) is 0 Å². The first-order chi connectivity index (χ1) is 14.3. The average Bonchev–Trinajstić information content (AvgIpc) is 3.05. The van der Waals surface area contributed by atoms with Gasteiger partial charge in [0.1, 0.15) is 0 Å². The van der Waals surface area contributed by atoms with Crippen molar-refractivity contribution in [2.24, 2.45) is 0 Å². The van der Waals surface area contributed by atoms with E-state index >= 15 is 0 Å². The molecule has 3 aromatic carbocycles. The minimum absolute atomic E-state index is 0. The van der Waals surface area contributed by atoms with E-state index in [0.29, 0.717) is 4.22 Å². The second-order valence-electron chi connectivity index (χ2n) is 9.47. The van der Waals surface area contributed by atoms with Crippen LogP contribution in [0.3, 0.4) is 0 Å². The quantitative estimate of drug-likeness (QED) is 0.484.